The van der Waals surface area contributed by atoms with Crippen LogP contribution in [0.5, 0.6) is 5.75 Å². The Hall–Kier alpha value is -1.22. The minimum atomic E-state index is 0.361. The van der Waals surface area contributed by atoms with Crippen molar-refractivity contribution in [1.82, 2.24) is 4.90 Å². The smallest absolute Gasteiger partial charge is 0.119 e. The lowest BCUT2D eigenvalue weighted by atomic mass is 10.3. The predicted octanol–water partition coefficient (Wildman–Crippen LogP) is 2.20. The Morgan fingerprint density at radius 3 is 2.69 bits per heavy atom. The summed E-state index contributed by atoms with van der Waals surface area (Å²) in [6, 6.07) is 8.14. The van der Waals surface area contributed by atoms with Crippen LogP contribution in [0.1, 0.15) is 13.3 Å². The number of benzene rings is 1. The molecule has 1 unspecified atom stereocenters. The van der Waals surface area contributed by atoms with E-state index >= 15 is 0 Å². The summed E-state index contributed by atoms with van der Waals surface area (Å²) in [5, 5.41) is 3.10. The third kappa shape index (κ3) is 2.67. The van der Waals surface area contributed by atoms with Crippen LogP contribution in [0.15, 0.2) is 24.3 Å². The van der Waals surface area contributed by atoms with Crippen LogP contribution in [0.25, 0.3) is 0 Å². The summed E-state index contributed by atoms with van der Waals surface area (Å²) in [6.45, 7) is 5.54. The Balaban J connectivity index is 1.89. The molecule has 1 saturated heterocycles. The van der Waals surface area contributed by atoms with Crippen molar-refractivity contribution in [2.45, 2.75) is 19.4 Å². The molecule has 1 atom stereocenters. The highest BCUT2D eigenvalue weighted by Crippen LogP contribution is 2.20. The van der Waals surface area contributed by atoms with E-state index < -0.39 is 0 Å². The van der Waals surface area contributed by atoms with Crippen molar-refractivity contribution in [3.8, 4) is 5.75 Å². The molecular formula is C13H20N2O. The molecule has 1 N–H and O–H groups in total. The molecule has 16 heavy (non-hydrogen) atoms. The second-order valence-electron chi connectivity index (χ2n) is 4.20. The summed E-state index contributed by atoms with van der Waals surface area (Å²) in [6.07, 6.45) is 1.50. The second kappa shape index (κ2) is 5.21. The summed E-state index contributed by atoms with van der Waals surface area (Å²) in [5.74, 6) is 0.974. The van der Waals surface area contributed by atoms with Gasteiger partial charge in [-0.15, -0.1) is 0 Å². The highest BCUT2D eigenvalue weighted by Gasteiger charge is 2.22. The molecule has 0 bridgehead atoms. The molecule has 1 aliphatic rings. The Morgan fingerprint density at radius 1 is 1.38 bits per heavy atom. The fraction of sp³-hybridized carbons (Fsp3) is 0.538. The molecule has 0 radical (unpaired) electrons. The zero-order chi connectivity index (χ0) is 11.4. The van der Waals surface area contributed by atoms with Crippen LogP contribution in [-0.2, 0) is 0 Å². The Morgan fingerprint density at radius 2 is 2.12 bits per heavy atom. The first-order valence-corrected chi connectivity index (χ1v) is 5.98. The highest BCUT2D eigenvalue weighted by atomic mass is 16.5. The lowest BCUT2D eigenvalue weighted by Gasteiger charge is -2.15. The van der Waals surface area contributed by atoms with Gasteiger partial charge in [0.15, 0.2) is 0 Å². The number of likely N-dealkylation sites (N-methyl/N-ethyl adjacent to an activating group) is 1. The fourth-order valence-electron chi connectivity index (χ4n) is 2.07. The van der Waals surface area contributed by atoms with E-state index in [0.29, 0.717) is 6.10 Å². The standard InChI is InChI=1S/C13H20N2O/c1-3-15-9-8-13(10-15)16-12-6-4-11(14-2)5-7-12/h4-7,13-14H,3,8-10H2,1-2H3. The Bertz CT molecular complexity index is 323. The van der Waals surface area contributed by atoms with Gasteiger partial charge in [-0.25, -0.2) is 0 Å². The summed E-state index contributed by atoms with van der Waals surface area (Å²) in [5.41, 5.74) is 1.12. The molecule has 0 aromatic heterocycles. The number of rotatable bonds is 4. The molecule has 0 aliphatic carbocycles. The molecule has 0 amide bonds. The average molecular weight is 220 g/mol. The molecule has 1 aromatic rings. The molecule has 1 aliphatic heterocycles. The third-order valence-electron chi connectivity index (χ3n) is 3.12. The fourth-order valence-corrected chi connectivity index (χ4v) is 2.07. The first kappa shape index (κ1) is 11.3. The van der Waals surface area contributed by atoms with Gasteiger partial charge in [0.2, 0.25) is 0 Å². The zero-order valence-electron chi connectivity index (χ0n) is 10.1. The lowest BCUT2D eigenvalue weighted by Crippen LogP contribution is -2.24. The van der Waals surface area contributed by atoms with Gasteiger partial charge in [0.05, 0.1) is 0 Å². The van der Waals surface area contributed by atoms with Gasteiger partial charge in [-0.05, 0) is 37.2 Å². The SMILES string of the molecule is CCN1CCC(Oc2ccc(NC)cc2)C1. The normalized spacial score (nSPS) is 21.0. The molecule has 88 valence electrons. The van der Waals surface area contributed by atoms with Gasteiger partial charge in [-0.3, -0.25) is 4.90 Å². The largest absolute Gasteiger partial charge is 0.489 e. The average Bonchev–Trinajstić information content (AvgIpc) is 2.78. The van der Waals surface area contributed by atoms with Gasteiger partial charge in [-0.2, -0.15) is 0 Å². The molecule has 1 fully saturated rings. The molecule has 0 spiro atoms. The van der Waals surface area contributed by atoms with Crippen LogP contribution >= 0.6 is 0 Å². The quantitative estimate of drug-likeness (QED) is 0.842. The summed E-state index contributed by atoms with van der Waals surface area (Å²) < 4.78 is 5.94. The van der Waals surface area contributed by atoms with Crippen molar-refractivity contribution in [1.29, 1.82) is 0 Å². The van der Waals surface area contributed by atoms with Crippen LogP contribution in [0.3, 0.4) is 0 Å². The predicted molar refractivity (Wildman–Crippen MR) is 67.1 cm³/mol. The Kier molecular flexibility index (Phi) is 3.67. The molecular weight excluding hydrogens is 200 g/mol. The van der Waals surface area contributed by atoms with Gasteiger partial charge in [0.25, 0.3) is 0 Å². The van der Waals surface area contributed by atoms with Crippen molar-refractivity contribution in [2.24, 2.45) is 0 Å². The maximum absolute atomic E-state index is 5.94. The first-order chi connectivity index (χ1) is 7.81. The van der Waals surface area contributed by atoms with Crippen LogP contribution < -0.4 is 10.1 Å². The van der Waals surface area contributed by atoms with Crippen LogP contribution in [0.4, 0.5) is 5.69 Å². The first-order valence-electron chi connectivity index (χ1n) is 5.98. The molecule has 1 aromatic carbocycles. The van der Waals surface area contributed by atoms with E-state index in [1.54, 1.807) is 0 Å². The van der Waals surface area contributed by atoms with Crippen LogP contribution in [0.2, 0.25) is 0 Å². The minimum Gasteiger partial charge on any atom is -0.489 e. The number of nitrogens with one attached hydrogen (secondary N) is 1. The van der Waals surface area contributed by atoms with Crippen molar-refractivity contribution in [3.63, 3.8) is 0 Å². The van der Waals surface area contributed by atoms with Gasteiger partial charge < -0.3 is 10.1 Å². The summed E-state index contributed by atoms with van der Waals surface area (Å²) in [4.78, 5) is 2.42. The molecule has 3 heteroatoms. The lowest BCUT2D eigenvalue weighted by molar-refractivity contribution is 0.202. The van der Waals surface area contributed by atoms with Crippen LogP contribution in [0, 0.1) is 0 Å². The number of likely N-dealkylation sites (tertiary alicyclic amines) is 1. The van der Waals surface area contributed by atoms with Crippen molar-refractivity contribution >= 4 is 5.69 Å². The monoisotopic (exact) mass is 220 g/mol. The van der Waals surface area contributed by atoms with E-state index in [-0.39, 0.29) is 0 Å². The minimum absolute atomic E-state index is 0.361. The number of hydrogen-bond donors (Lipinski definition) is 1. The summed E-state index contributed by atoms with van der Waals surface area (Å²) >= 11 is 0. The molecule has 1 heterocycles. The molecule has 0 saturated carbocycles. The molecule has 3 nitrogen and oxygen atoms in total. The van der Waals surface area contributed by atoms with Crippen molar-refractivity contribution in [2.75, 3.05) is 32.0 Å². The topological polar surface area (TPSA) is 24.5 Å². The van der Waals surface area contributed by atoms with Crippen LogP contribution in [-0.4, -0.2) is 37.7 Å². The van der Waals surface area contributed by atoms with Gasteiger partial charge in [0.1, 0.15) is 11.9 Å². The van der Waals surface area contributed by atoms with Gasteiger partial charge >= 0.3 is 0 Å². The Labute approximate surface area is 97.4 Å². The highest BCUT2D eigenvalue weighted by molar-refractivity contribution is 5.45. The molecule has 2 rings (SSSR count). The van der Waals surface area contributed by atoms with Gasteiger partial charge in [-0.1, -0.05) is 6.92 Å². The number of anilines is 1. The zero-order valence-corrected chi connectivity index (χ0v) is 10.1. The number of ether oxygens (including phenoxy) is 1. The van der Waals surface area contributed by atoms with Gasteiger partial charge in [0, 0.05) is 25.8 Å². The van der Waals surface area contributed by atoms with E-state index in [0.717, 1.165) is 37.5 Å². The second-order valence-corrected chi connectivity index (χ2v) is 4.20. The van der Waals surface area contributed by atoms with Crippen molar-refractivity contribution in [3.05, 3.63) is 24.3 Å². The number of nitrogens with zero attached hydrogens (tertiary/aromatic N) is 1. The third-order valence-corrected chi connectivity index (χ3v) is 3.12. The van der Waals surface area contributed by atoms with E-state index in [1.807, 2.05) is 31.3 Å². The summed E-state index contributed by atoms with van der Waals surface area (Å²) in [7, 11) is 1.92. The van der Waals surface area contributed by atoms with E-state index in [4.69, 9.17) is 4.74 Å². The van der Waals surface area contributed by atoms with E-state index in [1.165, 1.54) is 0 Å². The maximum atomic E-state index is 5.94. The van der Waals surface area contributed by atoms with E-state index in [9.17, 15) is 0 Å². The maximum Gasteiger partial charge on any atom is 0.119 e. The van der Waals surface area contributed by atoms with Crippen molar-refractivity contribution < 1.29 is 4.74 Å². The van der Waals surface area contributed by atoms with E-state index in [2.05, 4.69) is 17.1 Å². The number of hydrogen-bond acceptors (Lipinski definition) is 3.